The maximum atomic E-state index is 3.46. The molecule has 1 heterocycles. The Hall–Kier alpha value is -0.653. The van der Waals surface area contributed by atoms with Crippen molar-refractivity contribution in [3.63, 3.8) is 0 Å². The third-order valence-electron chi connectivity index (χ3n) is 4.28. The molecular weight excluding hydrogens is 276 g/mol. The molecule has 1 aromatic carbocycles. The number of thioether (sulfide) groups is 1. The van der Waals surface area contributed by atoms with Gasteiger partial charge in [-0.1, -0.05) is 45.5 Å². The second-order valence-electron chi connectivity index (χ2n) is 8.00. The minimum Gasteiger partial charge on any atom is -0.127 e. The van der Waals surface area contributed by atoms with Crippen molar-refractivity contribution in [2.75, 3.05) is 0 Å². The topological polar surface area (TPSA) is 0 Å². The summed E-state index contributed by atoms with van der Waals surface area (Å²) >= 11 is 2.01. The van der Waals surface area contributed by atoms with E-state index in [2.05, 4.69) is 77.0 Å². The lowest BCUT2D eigenvalue weighted by Crippen LogP contribution is -2.40. The first-order valence-electron chi connectivity index (χ1n) is 7.35. The third-order valence-corrected chi connectivity index (χ3v) is 6.81. The van der Waals surface area contributed by atoms with E-state index in [9.17, 15) is 0 Å². The molecule has 0 aliphatic carbocycles. The lowest BCUT2D eigenvalue weighted by Gasteiger charge is -2.45. The molecule has 0 amide bonds. The number of rotatable bonds is 0. The Kier molecular flexibility index (Phi) is 3.90. The molecule has 0 bridgehead atoms. The van der Waals surface area contributed by atoms with E-state index in [0.29, 0.717) is 5.41 Å². The van der Waals surface area contributed by atoms with Crippen LogP contribution in [0.15, 0.2) is 23.1 Å². The van der Waals surface area contributed by atoms with Crippen molar-refractivity contribution in [3.8, 4) is 11.5 Å². The number of benzene rings is 1. The summed E-state index contributed by atoms with van der Waals surface area (Å²) in [6.07, 6.45) is 1.16. The van der Waals surface area contributed by atoms with E-state index in [1.54, 1.807) is 0 Å². The van der Waals surface area contributed by atoms with E-state index in [1.807, 2.05) is 11.8 Å². The van der Waals surface area contributed by atoms with Gasteiger partial charge < -0.3 is 0 Å². The maximum absolute atomic E-state index is 3.46. The predicted molar refractivity (Wildman–Crippen MR) is 94.1 cm³/mol. The summed E-state index contributed by atoms with van der Waals surface area (Å²) in [6.45, 7) is 16.3. The normalized spacial score (nSPS) is 19.8. The van der Waals surface area contributed by atoms with Crippen molar-refractivity contribution in [2.24, 2.45) is 5.41 Å². The van der Waals surface area contributed by atoms with Gasteiger partial charge in [0.2, 0.25) is 0 Å². The fourth-order valence-electron chi connectivity index (χ4n) is 2.24. The molecule has 0 aromatic heterocycles. The van der Waals surface area contributed by atoms with Crippen LogP contribution in [0.1, 0.15) is 38.8 Å². The zero-order valence-corrected chi connectivity index (χ0v) is 15.7. The van der Waals surface area contributed by atoms with E-state index in [1.165, 1.54) is 16.0 Å². The van der Waals surface area contributed by atoms with Gasteiger partial charge in [-0.05, 0) is 43.4 Å². The lowest BCUT2D eigenvalue weighted by molar-refractivity contribution is 0.273. The second kappa shape index (κ2) is 4.96. The van der Waals surface area contributed by atoms with E-state index >= 15 is 0 Å². The van der Waals surface area contributed by atoms with Crippen LogP contribution in [0.5, 0.6) is 0 Å². The summed E-state index contributed by atoms with van der Waals surface area (Å²) in [5.74, 6) is 3.38. The molecule has 1 aliphatic rings. The van der Waals surface area contributed by atoms with Gasteiger partial charge in [0.15, 0.2) is 0 Å². The SMILES string of the molecule is CC1(C)Cc2ccc(C#C[Si](C)(C)C)cc2SC1(C)C. The molecule has 0 nitrogen and oxygen atoms in total. The van der Waals surface area contributed by atoms with Gasteiger partial charge in [0.05, 0.1) is 0 Å². The zero-order chi connectivity index (χ0) is 15.2. The van der Waals surface area contributed by atoms with Gasteiger partial charge in [0.25, 0.3) is 0 Å². The molecule has 0 unspecified atom stereocenters. The molecule has 0 saturated heterocycles. The molecular formula is C18H26SSi. The summed E-state index contributed by atoms with van der Waals surface area (Å²) in [5, 5.41) is 0. The van der Waals surface area contributed by atoms with Crippen LogP contribution in [-0.4, -0.2) is 12.8 Å². The molecule has 108 valence electrons. The van der Waals surface area contributed by atoms with Gasteiger partial charge in [-0.15, -0.1) is 17.3 Å². The average Bonchev–Trinajstić information content (AvgIpc) is 2.26. The predicted octanol–water partition coefficient (Wildman–Crippen LogP) is 5.37. The Bertz CT molecular complexity index is 580. The largest absolute Gasteiger partial charge is 0.129 e. The van der Waals surface area contributed by atoms with Crippen molar-refractivity contribution >= 4 is 19.8 Å². The highest BCUT2D eigenvalue weighted by atomic mass is 32.2. The Labute approximate surface area is 129 Å². The Morgan fingerprint density at radius 3 is 2.35 bits per heavy atom. The molecule has 0 spiro atoms. The molecule has 2 rings (SSSR count). The van der Waals surface area contributed by atoms with Crippen LogP contribution in [0.25, 0.3) is 0 Å². The molecule has 0 N–H and O–H groups in total. The quantitative estimate of drug-likeness (QED) is 0.459. The van der Waals surface area contributed by atoms with E-state index in [4.69, 9.17) is 0 Å². The van der Waals surface area contributed by atoms with Crippen LogP contribution in [0, 0.1) is 16.9 Å². The van der Waals surface area contributed by atoms with Crippen molar-refractivity contribution < 1.29 is 0 Å². The first-order chi connectivity index (χ1) is 9.00. The van der Waals surface area contributed by atoms with Gasteiger partial charge >= 0.3 is 0 Å². The van der Waals surface area contributed by atoms with Crippen LogP contribution >= 0.6 is 11.8 Å². The van der Waals surface area contributed by atoms with Crippen molar-refractivity contribution in [2.45, 2.75) is 63.4 Å². The average molecular weight is 303 g/mol. The highest BCUT2D eigenvalue weighted by Crippen LogP contribution is 2.52. The van der Waals surface area contributed by atoms with Crippen LogP contribution in [0.4, 0.5) is 0 Å². The van der Waals surface area contributed by atoms with Crippen LogP contribution in [0.2, 0.25) is 19.6 Å². The maximum Gasteiger partial charge on any atom is 0.129 e. The second-order valence-corrected chi connectivity index (χ2v) is 14.4. The Morgan fingerprint density at radius 2 is 1.75 bits per heavy atom. The fourth-order valence-corrected chi connectivity index (χ4v) is 4.11. The molecule has 1 aliphatic heterocycles. The lowest BCUT2D eigenvalue weighted by atomic mass is 9.75. The molecule has 0 fully saturated rings. The molecule has 1 aromatic rings. The summed E-state index contributed by atoms with van der Waals surface area (Å²) in [5.41, 5.74) is 6.45. The Morgan fingerprint density at radius 1 is 1.10 bits per heavy atom. The number of hydrogen-bond donors (Lipinski definition) is 0. The minimum absolute atomic E-state index is 0.269. The highest BCUT2D eigenvalue weighted by Gasteiger charge is 2.42. The minimum atomic E-state index is -1.29. The Balaban J connectivity index is 2.37. The van der Waals surface area contributed by atoms with Crippen molar-refractivity contribution in [1.82, 2.24) is 0 Å². The molecule has 20 heavy (non-hydrogen) atoms. The summed E-state index contributed by atoms with van der Waals surface area (Å²) < 4.78 is 0.269. The van der Waals surface area contributed by atoms with E-state index in [-0.39, 0.29) is 4.75 Å². The highest BCUT2D eigenvalue weighted by molar-refractivity contribution is 8.00. The van der Waals surface area contributed by atoms with Gasteiger partial charge in [-0.3, -0.25) is 0 Å². The number of hydrogen-bond acceptors (Lipinski definition) is 1. The zero-order valence-electron chi connectivity index (χ0n) is 13.8. The van der Waals surface area contributed by atoms with Crippen LogP contribution in [-0.2, 0) is 6.42 Å². The number of fused-ring (bicyclic) bond motifs is 1. The fraction of sp³-hybridized carbons (Fsp3) is 0.556. The smallest absolute Gasteiger partial charge is 0.127 e. The molecule has 0 atom stereocenters. The first kappa shape index (κ1) is 15.7. The third kappa shape index (κ3) is 3.32. The van der Waals surface area contributed by atoms with Crippen molar-refractivity contribution in [1.29, 1.82) is 0 Å². The van der Waals surface area contributed by atoms with E-state index in [0.717, 1.165) is 6.42 Å². The monoisotopic (exact) mass is 302 g/mol. The van der Waals surface area contributed by atoms with Crippen LogP contribution in [0.3, 0.4) is 0 Å². The van der Waals surface area contributed by atoms with Gasteiger partial charge in [0, 0.05) is 15.2 Å². The molecule has 2 heteroatoms. The summed E-state index contributed by atoms with van der Waals surface area (Å²) in [4.78, 5) is 1.43. The van der Waals surface area contributed by atoms with Gasteiger partial charge in [-0.2, -0.15) is 0 Å². The van der Waals surface area contributed by atoms with Gasteiger partial charge in [0.1, 0.15) is 8.07 Å². The summed E-state index contributed by atoms with van der Waals surface area (Å²) in [6, 6.07) is 6.78. The van der Waals surface area contributed by atoms with Crippen LogP contribution < -0.4 is 0 Å². The van der Waals surface area contributed by atoms with Gasteiger partial charge in [-0.25, -0.2) is 0 Å². The van der Waals surface area contributed by atoms with E-state index < -0.39 is 8.07 Å². The van der Waals surface area contributed by atoms with Crippen molar-refractivity contribution in [3.05, 3.63) is 29.3 Å². The standard InChI is InChI=1S/C18H26SSi/c1-17(2)13-15-9-8-14(10-11-20(5,6)7)12-16(15)19-18(17,3)4/h8-9,12H,13H2,1-7H3. The molecule has 0 saturated carbocycles. The first-order valence-corrected chi connectivity index (χ1v) is 11.7. The molecule has 0 radical (unpaired) electrons. The summed E-state index contributed by atoms with van der Waals surface area (Å²) in [7, 11) is -1.29.